The van der Waals surface area contributed by atoms with Crippen molar-refractivity contribution in [1.29, 1.82) is 0 Å². The molecule has 150 valence electrons. The molecular weight excluding hydrogens is 417 g/mol. The van der Waals surface area contributed by atoms with Gasteiger partial charge in [-0.2, -0.15) is 0 Å². The Labute approximate surface area is 176 Å². The summed E-state index contributed by atoms with van der Waals surface area (Å²) in [7, 11) is 0. The van der Waals surface area contributed by atoms with Gasteiger partial charge in [0, 0.05) is 18.9 Å². The molecule has 0 fully saturated rings. The molecule has 29 heavy (non-hydrogen) atoms. The molecular formula is C20H17Cl2N3O4. The van der Waals surface area contributed by atoms with Crippen LogP contribution in [0.25, 0.3) is 5.65 Å². The standard InChI is InChI=1S/C20H17Cl2N3O4/c1-12-20(27)25(16-4-2-3-5-17(16)29-12)7-6-18(26)28-11-14-10-24-9-13(21)8-15(22)19(24)23-14/h2-5,8-10,12H,6-7,11H2,1H3. The Balaban J connectivity index is 1.38. The van der Waals surface area contributed by atoms with Gasteiger partial charge >= 0.3 is 5.97 Å². The average molecular weight is 434 g/mol. The van der Waals surface area contributed by atoms with Crippen LogP contribution in [0.2, 0.25) is 10.0 Å². The van der Waals surface area contributed by atoms with Crippen LogP contribution < -0.4 is 9.64 Å². The normalized spacial score (nSPS) is 15.9. The molecule has 1 aliphatic rings. The molecule has 2 aromatic heterocycles. The summed E-state index contributed by atoms with van der Waals surface area (Å²) >= 11 is 12.1. The summed E-state index contributed by atoms with van der Waals surface area (Å²) < 4.78 is 12.6. The first kappa shape index (κ1) is 19.5. The number of carbonyl (C=O) groups is 2. The molecule has 3 heterocycles. The Morgan fingerprint density at radius 3 is 2.90 bits per heavy atom. The van der Waals surface area contributed by atoms with Crippen molar-refractivity contribution < 1.29 is 19.1 Å². The predicted molar refractivity (Wildman–Crippen MR) is 109 cm³/mol. The first-order valence-electron chi connectivity index (χ1n) is 8.97. The summed E-state index contributed by atoms with van der Waals surface area (Å²) in [6, 6.07) is 8.83. The maximum atomic E-state index is 12.5. The smallest absolute Gasteiger partial charge is 0.307 e. The quantitative estimate of drug-likeness (QED) is 0.570. The average Bonchev–Trinajstić information content (AvgIpc) is 3.10. The molecule has 0 aliphatic carbocycles. The van der Waals surface area contributed by atoms with E-state index in [4.69, 9.17) is 32.7 Å². The largest absolute Gasteiger partial charge is 0.479 e. The van der Waals surface area contributed by atoms with Crippen molar-refractivity contribution in [2.45, 2.75) is 26.1 Å². The van der Waals surface area contributed by atoms with Crippen LogP contribution in [0.5, 0.6) is 5.75 Å². The maximum Gasteiger partial charge on any atom is 0.307 e. The molecule has 0 N–H and O–H groups in total. The topological polar surface area (TPSA) is 73.1 Å². The van der Waals surface area contributed by atoms with Crippen molar-refractivity contribution in [3.63, 3.8) is 0 Å². The number of anilines is 1. The molecule has 0 saturated carbocycles. The summed E-state index contributed by atoms with van der Waals surface area (Å²) in [6.07, 6.45) is 2.82. The minimum absolute atomic E-state index is 0.00148. The molecule has 0 bridgehead atoms. The van der Waals surface area contributed by atoms with Gasteiger partial charge in [-0.05, 0) is 25.1 Å². The van der Waals surface area contributed by atoms with Gasteiger partial charge in [-0.3, -0.25) is 9.59 Å². The molecule has 1 unspecified atom stereocenters. The molecule has 0 saturated heterocycles. The second kappa shape index (κ2) is 7.93. The summed E-state index contributed by atoms with van der Waals surface area (Å²) in [5, 5.41) is 0.891. The van der Waals surface area contributed by atoms with Crippen molar-refractivity contribution in [1.82, 2.24) is 9.38 Å². The lowest BCUT2D eigenvalue weighted by Gasteiger charge is -2.32. The number of halogens is 2. The third-order valence-corrected chi connectivity index (χ3v) is 5.00. The van der Waals surface area contributed by atoms with E-state index in [1.807, 2.05) is 12.1 Å². The minimum atomic E-state index is -0.601. The lowest BCUT2D eigenvalue weighted by atomic mass is 10.2. The number of pyridine rings is 1. The number of carbonyl (C=O) groups excluding carboxylic acids is 2. The summed E-state index contributed by atoms with van der Waals surface area (Å²) in [6.45, 7) is 1.89. The highest BCUT2D eigenvalue weighted by Crippen LogP contribution is 2.33. The van der Waals surface area contributed by atoms with Crippen LogP contribution in [0.15, 0.2) is 42.7 Å². The van der Waals surface area contributed by atoms with Crippen molar-refractivity contribution in [3.8, 4) is 5.75 Å². The lowest BCUT2D eigenvalue weighted by Crippen LogP contribution is -2.45. The monoisotopic (exact) mass is 433 g/mol. The summed E-state index contributed by atoms with van der Waals surface area (Å²) in [5.74, 6) is -0.00723. The number of nitrogens with zero attached hydrogens (tertiary/aromatic N) is 3. The highest BCUT2D eigenvalue weighted by molar-refractivity contribution is 6.36. The van der Waals surface area contributed by atoms with Gasteiger partial charge in [0.15, 0.2) is 11.8 Å². The van der Waals surface area contributed by atoms with Crippen molar-refractivity contribution >= 4 is 46.4 Å². The van der Waals surface area contributed by atoms with E-state index in [1.165, 1.54) is 0 Å². The van der Waals surface area contributed by atoms with Crippen LogP contribution >= 0.6 is 23.2 Å². The number of aromatic nitrogens is 2. The van der Waals surface area contributed by atoms with E-state index in [2.05, 4.69) is 4.98 Å². The Kier molecular flexibility index (Phi) is 5.34. The SMILES string of the molecule is CC1Oc2ccccc2N(CCC(=O)OCc2cn3cc(Cl)cc(Cl)c3n2)C1=O. The van der Waals surface area contributed by atoms with Crippen LogP contribution in [-0.4, -0.2) is 33.9 Å². The summed E-state index contributed by atoms with van der Waals surface area (Å²) in [4.78, 5) is 30.6. The fraction of sp³-hybridized carbons (Fsp3) is 0.250. The number of fused-ring (bicyclic) bond motifs is 2. The van der Waals surface area contributed by atoms with Crippen LogP contribution in [0, 0.1) is 0 Å². The minimum Gasteiger partial charge on any atom is -0.479 e. The van der Waals surface area contributed by atoms with Gasteiger partial charge in [0.2, 0.25) is 0 Å². The highest BCUT2D eigenvalue weighted by atomic mass is 35.5. The molecule has 4 rings (SSSR count). The number of ether oxygens (including phenoxy) is 2. The summed E-state index contributed by atoms with van der Waals surface area (Å²) in [5.41, 5.74) is 1.73. The molecule has 1 amide bonds. The second-order valence-corrected chi connectivity index (χ2v) is 7.44. The first-order valence-corrected chi connectivity index (χ1v) is 9.73. The zero-order valence-electron chi connectivity index (χ0n) is 15.5. The van der Waals surface area contributed by atoms with E-state index in [0.29, 0.717) is 32.8 Å². The number of benzene rings is 1. The molecule has 3 aromatic rings. The van der Waals surface area contributed by atoms with Gasteiger partial charge in [0.1, 0.15) is 12.4 Å². The molecule has 0 radical (unpaired) electrons. The Morgan fingerprint density at radius 1 is 1.28 bits per heavy atom. The van der Waals surface area contributed by atoms with Gasteiger partial charge < -0.3 is 18.8 Å². The molecule has 0 spiro atoms. The molecule has 1 atom stereocenters. The first-order chi connectivity index (χ1) is 13.9. The predicted octanol–water partition coefficient (Wildman–Crippen LogP) is 3.89. The zero-order valence-corrected chi connectivity index (χ0v) is 17.0. The molecule has 1 aliphatic heterocycles. The third kappa shape index (κ3) is 4.02. The van der Waals surface area contributed by atoms with E-state index in [1.54, 1.807) is 46.8 Å². The Morgan fingerprint density at radius 2 is 2.07 bits per heavy atom. The van der Waals surface area contributed by atoms with Gasteiger partial charge in [-0.15, -0.1) is 0 Å². The number of rotatable bonds is 5. The second-order valence-electron chi connectivity index (χ2n) is 6.60. The molecule has 7 nitrogen and oxygen atoms in total. The van der Waals surface area contributed by atoms with Crippen LogP contribution in [0.1, 0.15) is 19.0 Å². The number of esters is 1. The number of amides is 1. The van der Waals surface area contributed by atoms with Crippen LogP contribution in [-0.2, 0) is 20.9 Å². The molecule has 1 aromatic carbocycles. The van der Waals surface area contributed by atoms with Crippen molar-refractivity contribution in [3.05, 3.63) is 58.5 Å². The van der Waals surface area contributed by atoms with Crippen LogP contribution in [0.3, 0.4) is 0 Å². The maximum absolute atomic E-state index is 12.5. The fourth-order valence-corrected chi connectivity index (χ4v) is 3.69. The van der Waals surface area contributed by atoms with Gasteiger partial charge in [0.05, 0.1) is 27.8 Å². The van der Waals surface area contributed by atoms with Gasteiger partial charge in [-0.25, -0.2) is 4.98 Å². The number of imidazole rings is 1. The Bertz CT molecular complexity index is 1100. The number of para-hydroxylation sites is 2. The highest BCUT2D eigenvalue weighted by Gasteiger charge is 2.31. The van der Waals surface area contributed by atoms with Crippen molar-refractivity contribution in [2.75, 3.05) is 11.4 Å². The Hall–Kier alpha value is -2.77. The zero-order chi connectivity index (χ0) is 20.5. The van der Waals surface area contributed by atoms with E-state index in [-0.39, 0.29) is 25.5 Å². The van der Waals surface area contributed by atoms with E-state index in [9.17, 15) is 9.59 Å². The van der Waals surface area contributed by atoms with E-state index >= 15 is 0 Å². The molecule has 9 heteroatoms. The van der Waals surface area contributed by atoms with Gasteiger partial charge in [0.25, 0.3) is 5.91 Å². The number of hydrogen-bond donors (Lipinski definition) is 0. The number of hydrogen-bond acceptors (Lipinski definition) is 5. The van der Waals surface area contributed by atoms with E-state index < -0.39 is 12.1 Å². The van der Waals surface area contributed by atoms with E-state index in [0.717, 1.165) is 0 Å². The van der Waals surface area contributed by atoms with Crippen molar-refractivity contribution in [2.24, 2.45) is 0 Å². The third-order valence-electron chi connectivity index (χ3n) is 4.52. The lowest BCUT2D eigenvalue weighted by molar-refractivity contribution is -0.144. The van der Waals surface area contributed by atoms with Gasteiger partial charge in [-0.1, -0.05) is 35.3 Å². The fourth-order valence-electron chi connectivity index (χ4n) is 3.16. The van der Waals surface area contributed by atoms with Crippen LogP contribution in [0.4, 0.5) is 5.69 Å².